The molecule has 0 saturated carbocycles. The number of thioether (sulfide) groups is 4. The molecule has 0 N–H and O–H groups in total. The van der Waals surface area contributed by atoms with E-state index in [9.17, 15) is 0 Å². The van der Waals surface area contributed by atoms with Crippen LogP contribution in [0.3, 0.4) is 0 Å². The zero-order valence-electron chi connectivity index (χ0n) is 9.34. The van der Waals surface area contributed by atoms with Crippen LogP contribution in [0.25, 0.3) is 0 Å². The maximum Gasteiger partial charge on any atom is 0.169 e. The zero-order chi connectivity index (χ0) is 11.8. The molecular weight excluding hydrogens is 317 g/mol. The third-order valence-corrected chi connectivity index (χ3v) is 12.8. The van der Waals surface area contributed by atoms with Gasteiger partial charge in [-0.1, -0.05) is 23.5 Å². The fourth-order valence-electron chi connectivity index (χ4n) is 1.36. The lowest BCUT2D eigenvalue weighted by Gasteiger charge is -2.38. The minimum absolute atomic E-state index is 0.0348. The normalized spacial score (nSPS) is 38.8. The Labute approximate surface area is 122 Å². The van der Waals surface area contributed by atoms with Crippen molar-refractivity contribution in [1.82, 2.24) is 0 Å². The van der Waals surface area contributed by atoms with E-state index in [0.29, 0.717) is 0 Å². The van der Waals surface area contributed by atoms with Crippen LogP contribution in [-0.2, 0) is 0 Å². The molecule has 8 heteroatoms. The maximum absolute atomic E-state index is 4.51. The molecule has 2 nitrogen and oxygen atoms in total. The summed E-state index contributed by atoms with van der Waals surface area (Å²) in [4.78, 5) is 0. The van der Waals surface area contributed by atoms with Crippen LogP contribution in [0, 0.1) is 0 Å². The summed E-state index contributed by atoms with van der Waals surface area (Å²) in [6, 6.07) is 0. The van der Waals surface area contributed by atoms with E-state index >= 15 is 0 Å². The Morgan fingerprint density at radius 2 is 1.25 bits per heavy atom. The molecule has 2 aliphatic heterocycles. The second kappa shape index (κ2) is 5.21. The summed E-state index contributed by atoms with van der Waals surface area (Å²) in [6.45, 7) is 4.17. The molecule has 16 heavy (non-hydrogen) atoms. The van der Waals surface area contributed by atoms with Crippen molar-refractivity contribution < 1.29 is 0 Å². The zero-order valence-corrected chi connectivity index (χ0v) is 14.2. The van der Waals surface area contributed by atoms with Crippen LogP contribution >= 0.6 is 70.9 Å². The van der Waals surface area contributed by atoms with Crippen LogP contribution in [-0.4, -0.2) is 29.4 Å². The maximum atomic E-state index is 4.51. The number of hydrogen-bond acceptors (Lipinski definition) is 8. The van der Waals surface area contributed by atoms with Gasteiger partial charge >= 0.3 is 0 Å². The summed E-state index contributed by atoms with van der Waals surface area (Å²) in [6.07, 6.45) is 4.34. The van der Waals surface area contributed by atoms with Crippen molar-refractivity contribution >= 4 is 81.0 Å². The quantitative estimate of drug-likeness (QED) is 0.699. The summed E-state index contributed by atoms with van der Waals surface area (Å²) >= 11 is 10.9. The highest BCUT2D eigenvalue weighted by atomic mass is 32.3. The van der Waals surface area contributed by atoms with Crippen LogP contribution in [0.4, 0.5) is 0 Å². The molecule has 2 atom stereocenters. The van der Waals surface area contributed by atoms with Gasteiger partial charge in [0, 0.05) is 23.9 Å². The molecule has 0 saturated heterocycles. The van der Waals surface area contributed by atoms with Gasteiger partial charge in [0.25, 0.3) is 0 Å². The van der Waals surface area contributed by atoms with E-state index in [-0.39, 0.29) is 6.82 Å². The SMILES string of the molecule is CSC1(C2(SC)SN=C(C)S2)SN=C(C)S1. The monoisotopic (exact) mass is 328 g/mol. The Hall–Kier alpha value is 1.44. The summed E-state index contributed by atoms with van der Waals surface area (Å²) in [5.74, 6) is 0. The fraction of sp³-hybridized carbons (Fsp3) is 0.750. The van der Waals surface area contributed by atoms with Gasteiger partial charge in [-0.05, 0) is 26.4 Å². The molecule has 0 radical (unpaired) electrons. The van der Waals surface area contributed by atoms with Crippen molar-refractivity contribution in [2.24, 2.45) is 8.80 Å². The predicted molar refractivity (Wildman–Crippen MR) is 89.1 cm³/mol. The third-order valence-electron chi connectivity index (χ3n) is 2.07. The molecule has 2 rings (SSSR count). The molecule has 0 amide bonds. The van der Waals surface area contributed by atoms with Gasteiger partial charge in [0.2, 0.25) is 0 Å². The van der Waals surface area contributed by atoms with Crippen LogP contribution in [0.15, 0.2) is 8.80 Å². The lowest BCUT2D eigenvalue weighted by atomic mass is 10.9. The first-order chi connectivity index (χ1) is 7.57. The number of rotatable bonds is 3. The van der Waals surface area contributed by atoms with Crippen LogP contribution in [0.5, 0.6) is 0 Å². The average Bonchev–Trinajstić information content (AvgIpc) is 2.84. The molecule has 2 unspecified atom stereocenters. The summed E-state index contributed by atoms with van der Waals surface area (Å²) < 4.78 is 9.09. The summed E-state index contributed by atoms with van der Waals surface area (Å²) in [7, 11) is 0. The first kappa shape index (κ1) is 13.9. The first-order valence-corrected chi connectivity index (χ1v) is 10.1. The Morgan fingerprint density at radius 3 is 1.44 bits per heavy atom. The minimum Gasteiger partial charge on any atom is -0.212 e. The molecule has 0 bridgehead atoms. The Morgan fingerprint density at radius 1 is 0.875 bits per heavy atom. The van der Waals surface area contributed by atoms with E-state index in [1.807, 2.05) is 47.0 Å². The van der Waals surface area contributed by atoms with Crippen molar-refractivity contribution in [3.8, 4) is 0 Å². The molecule has 0 spiro atoms. The standard InChI is InChI=1S/C8H12N2S6/c1-5-9-15-7(11-3,13-5)8(12-4)14-6(2)10-16-8/h1-4H3. The summed E-state index contributed by atoms with van der Waals surface area (Å²) in [5, 5.41) is 2.33. The Bertz CT molecular complexity index is 322. The Kier molecular flexibility index (Phi) is 4.51. The van der Waals surface area contributed by atoms with Crippen molar-refractivity contribution in [3.05, 3.63) is 0 Å². The van der Waals surface area contributed by atoms with Gasteiger partial charge < -0.3 is 0 Å². The largest absolute Gasteiger partial charge is 0.212 e. The minimum atomic E-state index is 0.0348. The molecule has 0 aromatic heterocycles. The molecule has 2 aliphatic rings. The summed E-state index contributed by atoms with van der Waals surface area (Å²) in [5.41, 5.74) is 0. The molecule has 2 heterocycles. The second-order valence-electron chi connectivity index (χ2n) is 3.13. The smallest absolute Gasteiger partial charge is 0.169 e. The highest BCUT2D eigenvalue weighted by molar-refractivity contribution is 8.48. The molecular formula is C8H12N2S6. The van der Waals surface area contributed by atoms with Crippen LogP contribution in [0.1, 0.15) is 13.8 Å². The van der Waals surface area contributed by atoms with Crippen molar-refractivity contribution in [1.29, 1.82) is 0 Å². The lowest BCUT2D eigenvalue weighted by molar-refractivity contribution is 1.22. The van der Waals surface area contributed by atoms with Gasteiger partial charge in [-0.25, -0.2) is 8.80 Å². The molecule has 0 aromatic carbocycles. The second-order valence-corrected chi connectivity index (χ2v) is 11.5. The first-order valence-electron chi connectivity index (χ1n) is 4.51. The van der Waals surface area contributed by atoms with E-state index in [1.165, 1.54) is 10.1 Å². The van der Waals surface area contributed by atoms with E-state index in [1.54, 1.807) is 23.9 Å². The van der Waals surface area contributed by atoms with Crippen LogP contribution < -0.4 is 0 Å². The number of hydrogen-bond donors (Lipinski definition) is 0. The van der Waals surface area contributed by atoms with Gasteiger partial charge in [0.05, 0.1) is 10.1 Å². The van der Waals surface area contributed by atoms with E-state index in [0.717, 1.165) is 0 Å². The van der Waals surface area contributed by atoms with Gasteiger partial charge in [0.1, 0.15) is 0 Å². The van der Waals surface area contributed by atoms with E-state index < -0.39 is 0 Å². The lowest BCUT2D eigenvalue weighted by Crippen LogP contribution is -2.36. The van der Waals surface area contributed by atoms with E-state index in [2.05, 4.69) is 35.2 Å². The fourth-order valence-corrected chi connectivity index (χ4v) is 10.5. The van der Waals surface area contributed by atoms with Gasteiger partial charge in [-0.3, -0.25) is 0 Å². The third kappa shape index (κ3) is 2.18. The highest BCUT2D eigenvalue weighted by Gasteiger charge is 2.59. The highest BCUT2D eigenvalue weighted by Crippen LogP contribution is 2.71. The van der Waals surface area contributed by atoms with Gasteiger partial charge in [-0.15, -0.1) is 23.5 Å². The Balaban J connectivity index is 2.27. The number of nitrogens with zero attached hydrogens (tertiary/aromatic N) is 2. The average molecular weight is 329 g/mol. The molecule has 0 aliphatic carbocycles. The topological polar surface area (TPSA) is 24.7 Å². The predicted octanol–water partition coefficient (Wildman–Crippen LogP) is 4.65. The van der Waals surface area contributed by atoms with Crippen LogP contribution in [0.2, 0.25) is 0 Å². The van der Waals surface area contributed by atoms with E-state index in [4.69, 9.17) is 0 Å². The van der Waals surface area contributed by atoms with Gasteiger partial charge in [0.15, 0.2) is 6.82 Å². The molecule has 0 aromatic rings. The van der Waals surface area contributed by atoms with Crippen molar-refractivity contribution in [2.75, 3.05) is 12.5 Å². The van der Waals surface area contributed by atoms with Crippen molar-refractivity contribution in [2.45, 2.75) is 20.7 Å². The van der Waals surface area contributed by atoms with Gasteiger partial charge in [-0.2, -0.15) is 0 Å². The molecule has 90 valence electrons. The van der Waals surface area contributed by atoms with Crippen molar-refractivity contribution in [3.63, 3.8) is 0 Å². The molecule has 0 fully saturated rings.